The van der Waals surface area contributed by atoms with Gasteiger partial charge in [0.15, 0.2) is 0 Å². The standard InChI is InChI=1S/C8H15N3O3S/c1-6(5-15(3,12)13)9-4-8-7(2)10-14-11-8/h6,9H,4-5H2,1-3H3. The molecule has 15 heavy (non-hydrogen) atoms. The summed E-state index contributed by atoms with van der Waals surface area (Å²) >= 11 is 0. The first kappa shape index (κ1) is 12.1. The van der Waals surface area contributed by atoms with Crippen molar-refractivity contribution >= 4 is 9.84 Å². The lowest BCUT2D eigenvalue weighted by Gasteiger charge is -2.10. The van der Waals surface area contributed by atoms with Crippen LogP contribution in [-0.4, -0.2) is 36.8 Å². The van der Waals surface area contributed by atoms with E-state index in [1.165, 1.54) is 6.26 Å². The van der Waals surface area contributed by atoms with Gasteiger partial charge in [-0.3, -0.25) is 0 Å². The minimum absolute atomic E-state index is 0.108. The van der Waals surface area contributed by atoms with Gasteiger partial charge in [0, 0.05) is 18.8 Å². The predicted octanol–water partition coefficient (Wildman–Crippen LogP) is -0.0993. The van der Waals surface area contributed by atoms with E-state index in [0.29, 0.717) is 17.9 Å². The van der Waals surface area contributed by atoms with Crippen molar-refractivity contribution in [3.8, 4) is 0 Å². The van der Waals surface area contributed by atoms with Gasteiger partial charge in [0.1, 0.15) is 21.2 Å². The molecule has 0 fully saturated rings. The van der Waals surface area contributed by atoms with Gasteiger partial charge in [-0.1, -0.05) is 10.3 Å². The van der Waals surface area contributed by atoms with Crippen molar-refractivity contribution in [3.63, 3.8) is 0 Å². The summed E-state index contributed by atoms with van der Waals surface area (Å²) in [5.74, 6) is 0.108. The maximum atomic E-state index is 11.0. The summed E-state index contributed by atoms with van der Waals surface area (Å²) in [6.45, 7) is 4.06. The Labute approximate surface area is 88.9 Å². The molecule has 0 saturated heterocycles. The van der Waals surface area contributed by atoms with Crippen LogP contribution in [0.3, 0.4) is 0 Å². The molecule has 0 aliphatic heterocycles. The molecule has 1 N–H and O–H groups in total. The molecular formula is C8H15N3O3S. The van der Waals surface area contributed by atoms with Crippen LogP contribution in [0, 0.1) is 6.92 Å². The van der Waals surface area contributed by atoms with Crippen molar-refractivity contribution in [1.82, 2.24) is 15.6 Å². The quantitative estimate of drug-likeness (QED) is 0.764. The molecular weight excluding hydrogens is 218 g/mol. The van der Waals surface area contributed by atoms with Crippen LogP contribution in [0.5, 0.6) is 0 Å². The number of aromatic nitrogens is 2. The van der Waals surface area contributed by atoms with Crippen LogP contribution in [0.1, 0.15) is 18.3 Å². The number of hydrogen-bond donors (Lipinski definition) is 1. The Balaban J connectivity index is 2.41. The van der Waals surface area contributed by atoms with Gasteiger partial charge in [-0.15, -0.1) is 0 Å². The van der Waals surface area contributed by atoms with Gasteiger partial charge in [-0.2, -0.15) is 0 Å². The number of nitrogens with zero attached hydrogens (tertiary/aromatic N) is 2. The zero-order valence-electron chi connectivity index (χ0n) is 9.02. The highest BCUT2D eigenvalue weighted by molar-refractivity contribution is 7.90. The van der Waals surface area contributed by atoms with Crippen LogP contribution in [-0.2, 0) is 16.4 Å². The predicted molar refractivity (Wildman–Crippen MR) is 55.0 cm³/mol. The summed E-state index contributed by atoms with van der Waals surface area (Å²) in [6.07, 6.45) is 1.22. The molecule has 0 radical (unpaired) electrons. The SMILES string of the molecule is Cc1nonc1CNC(C)CS(C)(=O)=O. The summed E-state index contributed by atoms with van der Waals surface area (Å²) in [5, 5.41) is 10.4. The number of rotatable bonds is 5. The van der Waals surface area contributed by atoms with Crippen LogP contribution in [0.25, 0.3) is 0 Å². The molecule has 0 amide bonds. The lowest BCUT2D eigenvalue weighted by atomic mass is 10.3. The molecule has 6 nitrogen and oxygen atoms in total. The molecule has 0 aromatic carbocycles. The summed E-state index contributed by atoms with van der Waals surface area (Å²) in [4.78, 5) is 0. The second kappa shape index (κ2) is 4.71. The van der Waals surface area contributed by atoms with Gasteiger partial charge < -0.3 is 5.32 Å². The third-order valence-corrected chi connectivity index (χ3v) is 3.02. The van der Waals surface area contributed by atoms with Crippen LogP contribution in [0.4, 0.5) is 0 Å². The van der Waals surface area contributed by atoms with E-state index in [9.17, 15) is 8.42 Å². The topological polar surface area (TPSA) is 85.1 Å². The number of sulfone groups is 1. The highest BCUT2D eigenvalue weighted by Gasteiger charge is 2.11. The lowest BCUT2D eigenvalue weighted by Crippen LogP contribution is -2.32. The van der Waals surface area contributed by atoms with E-state index < -0.39 is 9.84 Å². The summed E-state index contributed by atoms with van der Waals surface area (Å²) in [5.41, 5.74) is 1.42. The minimum atomic E-state index is -2.95. The maximum absolute atomic E-state index is 11.0. The smallest absolute Gasteiger partial charge is 0.148 e. The molecule has 0 saturated carbocycles. The van der Waals surface area contributed by atoms with Crippen LogP contribution >= 0.6 is 0 Å². The zero-order chi connectivity index (χ0) is 11.5. The van der Waals surface area contributed by atoms with Gasteiger partial charge in [0.2, 0.25) is 0 Å². The van der Waals surface area contributed by atoms with Gasteiger partial charge in [0.05, 0.1) is 5.75 Å². The summed E-state index contributed by atoms with van der Waals surface area (Å²) < 4.78 is 26.5. The van der Waals surface area contributed by atoms with Gasteiger partial charge >= 0.3 is 0 Å². The third-order valence-electron chi connectivity index (χ3n) is 1.92. The fraction of sp³-hybridized carbons (Fsp3) is 0.750. The van der Waals surface area contributed by atoms with Gasteiger partial charge in [-0.05, 0) is 13.8 Å². The Hall–Kier alpha value is -0.950. The Morgan fingerprint density at radius 1 is 1.47 bits per heavy atom. The van der Waals surface area contributed by atoms with Gasteiger partial charge in [-0.25, -0.2) is 13.0 Å². The third kappa shape index (κ3) is 4.39. The Morgan fingerprint density at radius 2 is 2.13 bits per heavy atom. The van der Waals surface area contributed by atoms with Crippen molar-refractivity contribution < 1.29 is 13.0 Å². The lowest BCUT2D eigenvalue weighted by molar-refractivity contribution is 0.300. The molecule has 7 heteroatoms. The molecule has 1 aromatic rings. The van der Waals surface area contributed by atoms with E-state index in [-0.39, 0.29) is 11.8 Å². The Bertz CT molecular complexity index is 413. The average Bonchev–Trinajstić information content (AvgIpc) is 2.44. The average molecular weight is 233 g/mol. The Kier molecular flexibility index (Phi) is 3.81. The second-order valence-corrected chi connectivity index (χ2v) is 5.86. The molecule has 1 heterocycles. The monoisotopic (exact) mass is 233 g/mol. The van der Waals surface area contributed by atoms with E-state index in [1.54, 1.807) is 6.92 Å². The Morgan fingerprint density at radius 3 is 2.60 bits per heavy atom. The fourth-order valence-corrected chi connectivity index (χ4v) is 2.22. The van der Waals surface area contributed by atoms with E-state index in [0.717, 1.165) is 0 Å². The summed E-state index contributed by atoms with van der Waals surface area (Å²) in [6, 6.07) is -0.115. The van der Waals surface area contributed by atoms with E-state index in [2.05, 4.69) is 20.3 Å². The van der Waals surface area contributed by atoms with Crippen molar-refractivity contribution in [3.05, 3.63) is 11.4 Å². The molecule has 1 atom stereocenters. The molecule has 0 aliphatic carbocycles. The molecule has 1 rings (SSSR count). The second-order valence-electron chi connectivity index (χ2n) is 3.67. The van der Waals surface area contributed by atoms with E-state index in [1.807, 2.05) is 6.92 Å². The van der Waals surface area contributed by atoms with Crippen LogP contribution in [0.2, 0.25) is 0 Å². The fourth-order valence-electron chi connectivity index (χ4n) is 1.19. The first-order valence-electron chi connectivity index (χ1n) is 4.57. The maximum Gasteiger partial charge on any atom is 0.148 e. The highest BCUT2D eigenvalue weighted by Crippen LogP contribution is 2.00. The summed E-state index contributed by atoms with van der Waals surface area (Å²) in [7, 11) is -2.95. The molecule has 86 valence electrons. The molecule has 1 aromatic heterocycles. The number of nitrogens with one attached hydrogen (secondary N) is 1. The van der Waals surface area contributed by atoms with E-state index in [4.69, 9.17) is 0 Å². The minimum Gasteiger partial charge on any atom is -0.307 e. The molecule has 1 unspecified atom stereocenters. The van der Waals surface area contributed by atoms with Gasteiger partial charge in [0.25, 0.3) is 0 Å². The van der Waals surface area contributed by atoms with Crippen LogP contribution < -0.4 is 5.32 Å². The first-order chi connectivity index (χ1) is 6.88. The molecule has 0 aliphatic rings. The number of aryl methyl sites for hydroxylation is 1. The zero-order valence-corrected chi connectivity index (χ0v) is 9.84. The van der Waals surface area contributed by atoms with Crippen molar-refractivity contribution in [2.45, 2.75) is 26.4 Å². The van der Waals surface area contributed by atoms with Crippen molar-refractivity contribution in [1.29, 1.82) is 0 Å². The highest BCUT2D eigenvalue weighted by atomic mass is 32.2. The van der Waals surface area contributed by atoms with Crippen molar-refractivity contribution in [2.75, 3.05) is 12.0 Å². The van der Waals surface area contributed by atoms with Crippen molar-refractivity contribution in [2.24, 2.45) is 0 Å². The normalized spacial score (nSPS) is 14.1. The van der Waals surface area contributed by atoms with Crippen LogP contribution in [0.15, 0.2) is 4.63 Å². The largest absolute Gasteiger partial charge is 0.307 e. The molecule has 0 bridgehead atoms. The van der Waals surface area contributed by atoms with E-state index >= 15 is 0 Å². The first-order valence-corrected chi connectivity index (χ1v) is 6.63. The number of hydrogen-bond acceptors (Lipinski definition) is 6. The molecule has 0 spiro atoms.